The largest absolute Gasteiger partial charge is 0.373 e. The minimum atomic E-state index is 0.145. The van der Waals surface area contributed by atoms with Crippen LogP contribution < -0.4 is 4.90 Å². The molecule has 0 spiro atoms. The highest BCUT2D eigenvalue weighted by molar-refractivity contribution is 6.39. The summed E-state index contributed by atoms with van der Waals surface area (Å²) in [7, 11) is 0. The van der Waals surface area contributed by atoms with Crippen molar-refractivity contribution in [2.45, 2.75) is 57.3 Å². The van der Waals surface area contributed by atoms with Gasteiger partial charge in [0.15, 0.2) is 0 Å². The van der Waals surface area contributed by atoms with E-state index in [1.807, 2.05) is 42.5 Å². The van der Waals surface area contributed by atoms with E-state index in [9.17, 15) is 0 Å². The maximum Gasteiger partial charge on any atom is 0.145 e. The summed E-state index contributed by atoms with van der Waals surface area (Å²) < 4.78 is 12.2. The maximum atomic E-state index is 9.04. The maximum absolute atomic E-state index is 9.04. The van der Waals surface area contributed by atoms with Gasteiger partial charge in [-0.2, -0.15) is 5.26 Å². The molecule has 2 atom stereocenters. The summed E-state index contributed by atoms with van der Waals surface area (Å²) in [6.07, 6.45) is 4.21. The van der Waals surface area contributed by atoms with Crippen molar-refractivity contribution < 1.29 is 9.26 Å². The Bertz CT molecular complexity index is 1160. The highest BCUT2D eigenvalue weighted by Crippen LogP contribution is 2.46. The van der Waals surface area contributed by atoms with Gasteiger partial charge >= 0.3 is 0 Å². The molecule has 1 aliphatic carbocycles. The Morgan fingerprint density at radius 1 is 1.12 bits per heavy atom. The van der Waals surface area contributed by atoms with Crippen LogP contribution in [0.5, 0.6) is 0 Å². The van der Waals surface area contributed by atoms with Gasteiger partial charge in [-0.15, -0.1) is 0 Å². The van der Waals surface area contributed by atoms with E-state index in [0.29, 0.717) is 45.4 Å². The van der Waals surface area contributed by atoms with Gasteiger partial charge in [0, 0.05) is 35.3 Å². The van der Waals surface area contributed by atoms with E-state index >= 15 is 0 Å². The summed E-state index contributed by atoms with van der Waals surface area (Å²) in [6, 6.07) is 15.8. The predicted octanol–water partition coefficient (Wildman–Crippen LogP) is 6.97. The Morgan fingerprint density at radius 2 is 1.85 bits per heavy atom. The van der Waals surface area contributed by atoms with Crippen molar-refractivity contribution in [1.82, 2.24) is 5.16 Å². The first-order valence-electron chi connectivity index (χ1n) is 11.4. The van der Waals surface area contributed by atoms with Crippen LogP contribution in [-0.4, -0.2) is 23.8 Å². The topological polar surface area (TPSA) is 62.3 Å². The van der Waals surface area contributed by atoms with Crippen molar-refractivity contribution in [3.63, 3.8) is 0 Å². The Labute approximate surface area is 203 Å². The molecule has 1 saturated carbocycles. The third-order valence-electron chi connectivity index (χ3n) is 6.59. The second kappa shape index (κ2) is 9.38. The molecule has 2 aliphatic rings. The lowest BCUT2D eigenvalue weighted by Crippen LogP contribution is -2.43. The van der Waals surface area contributed by atoms with E-state index in [2.05, 4.69) is 23.0 Å². The molecule has 0 N–H and O–H groups in total. The van der Waals surface area contributed by atoms with E-state index in [1.165, 1.54) is 0 Å². The van der Waals surface area contributed by atoms with Gasteiger partial charge in [-0.3, -0.25) is 0 Å². The fourth-order valence-electron chi connectivity index (χ4n) is 4.64. The molecular weight excluding hydrogens is 457 g/mol. The summed E-state index contributed by atoms with van der Waals surface area (Å²) in [5.41, 5.74) is 4.19. The SMILES string of the molecule is C[C@@H]1C[C@@H](OCc2c(-c3c(Cl)cccc3Cl)noc2C2CC2)CCN1c1ccc(C#N)cc1. The van der Waals surface area contributed by atoms with Crippen molar-refractivity contribution in [3.8, 4) is 17.3 Å². The van der Waals surface area contributed by atoms with Gasteiger partial charge in [-0.1, -0.05) is 34.4 Å². The predicted molar refractivity (Wildman–Crippen MR) is 130 cm³/mol. The average molecular weight is 482 g/mol. The molecule has 1 aliphatic heterocycles. The first-order valence-corrected chi connectivity index (χ1v) is 12.1. The second-order valence-electron chi connectivity index (χ2n) is 8.90. The van der Waals surface area contributed by atoms with Gasteiger partial charge in [0.2, 0.25) is 0 Å². The number of halogens is 2. The number of piperidine rings is 1. The monoisotopic (exact) mass is 481 g/mol. The van der Waals surface area contributed by atoms with Gasteiger partial charge in [-0.25, -0.2) is 0 Å². The molecule has 33 heavy (non-hydrogen) atoms. The molecule has 7 heteroatoms. The lowest BCUT2D eigenvalue weighted by molar-refractivity contribution is 0.0175. The van der Waals surface area contributed by atoms with Crippen molar-refractivity contribution >= 4 is 28.9 Å². The molecule has 1 aromatic heterocycles. The van der Waals surface area contributed by atoms with E-state index in [1.54, 1.807) is 0 Å². The van der Waals surface area contributed by atoms with Crippen LogP contribution in [0.4, 0.5) is 5.69 Å². The zero-order chi connectivity index (χ0) is 22.9. The van der Waals surface area contributed by atoms with E-state index in [-0.39, 0.29) is 6.10 Å². The Hall–Kier alpha value is -2.52. The van der Waals surface area contributed by atoms with Crippen molar-refractivity contribution in [2.75, 3.05) is 11.4 Å². The van der Waals surface area contributed by atoms with Gasteiger partial charge < -0.3 is 14.2 Å². The minimum absolute atomic E-state index is 0.145. The summed E-state index contributed by atoms with van der Waals surface area (Å²) in [4.78, 5) is 2.38. The number of nitrogens with zero attached hydrogens (tertiary/aromatic N) is 3. The lowest BCUT2D eigenvalue weighted by Gasteiger charge is -2.39. The molecule has 2 heterocycles. The smallest absolute Gasteiger partial charge is 0.145 e. The molecule has 2 fully saturated rings. The molecule has 0 radical (unpaired) electrons. The highest BCUT2D eigenvalue weighted by atomic mass is 35.5. The van der Waals surface area contributed by atoms with Crippen LogP contribution in [0.3, 0.4) is 0 Å². The van der Waals surface area contributed by atoms with Gasteiger partial charge in [0.25, 0.3) is 0 Å². The molecule has 5 nitrogen and oxygen atoms in total. The van der Waals surface area contributed by atoms with Gasteiger partial charge in [-0.05, 0) is 69.0 Å². The molecule has 0 bridgehead atoms. The van der Waals surface area contributed by atoms with Gasteiger partial charge in [0.1, 0.15) is 11.5 Å². The average Bonchev–Trinajstić information content (AvgIpc) is 3.58. The Balaban J connectivity index is 1.30. The Morgan fingerprint density at radius 3 is 2.48 bits per heavy atom. The molecule has 170 valence electrons. The van der Waals surface area contributed by atoms with Crippen LogP contribution in [0.15, 0.2) is 47.0 Å². The number of nitriles is 1. The molecule has 1 saturated heterocycles. The quantitative estimate of drug-likeness (QED) is 0.380. The second-order valence-corrected chi connectivity index (χ2v) is 9.72. The third kappa shape index (κ3) is 4.61. The standard InChI is InChI=1S/C26H25Cl2N3O2/c1-16-13-20(11-12-31(16)19-9-5-17(14-29)6-10-19)32-15-21-25(30-33-26(21)18-7-8-18)24-22(27)3-2-4-23(24)28/h2-6,9-10,16,18,20H,7-8,11-13,15H2,1H3/t16-,20+/m1/s1. The number of hydrogen-bond acceptors (Lipinski definition) is 5. The number of ether oxygens (including phenoxy) is 1. The molecule has 5 rings (SSSR count). The van der Waals surface area contributed by atoms with E-state index in [4.69, 9.17) is 37.7 Å². The summed E-state index contributed by atoms with van der Waals surface area (Å²) in [5.74, 6) is 1.31. The first-order chi connectivity index (χ1) is 16.0. The van der Waals surface area contributed by atoms with E-state index in [0.717, 1.165) is 49.2 Å². The van der Waals surface area contributed by atoms with Crippen molar-refractivity contribution in [2.24, 2.45) is 0 Å². The number of aromatic nitrogens is 1. The normalized spacial score (nSPS) is 20.6. The van der Waals surface area contributed by atoms with Gasteiger partial charge in [0.05, 0.1) is 34.4 Å². The zero-order valence-corrected chi connectivity index (χ0v) is 19.9. The van der Waals surface area contributed by atoms with Crippen LogP contribution in [-0.2, 0) is 11.3 Å². The summed E-state index contributed by atoms with van der Waals surface area (Å²) in [5, 5.41) is 14.5. The third-order valence-corrected chi connectivity index (χ3v) is 7.22. The fourth-order valence-corrected chi connectivity index (χ4v) is 5.22. The molecule has 0 amide bonds. The van der Waals surface area contributed by atoms with Crippen molar-refractivity contribution in [3.05, 3.63) is 69.4 Å². The number of benzene rings is 2. The molecule has 2 aromatic carbocycles. The number of anilines is 1. The highest BCUT2D eigenvalue weighted by Gasteiger charge is 2.34. The summed E-state index contributed by atoms with van der Waals surface area (Å²) in [6.45, 7) is 3.55. The van der Waals surface area contributed by atoms with Crippen LogP contribution in [0.1, 0.15) is 55.4 Å². The lowest BCUT2D eigenvalue weighted by atomic mass is 9.99. The number of hydrogen-bond donors (Lipinski definition) is 0. The molecular formula is C26H25Cl2N3O2. The van der Waals surface area contributed by atoms with Crippen molar-refractivity contribution in [1.29, 1.82) is 5.26 Å². The molecule has 0 unspecified atom stereocenters. The minimum Gasteiger partial charge on any atom is -0.373 e. The Kier molecular flexibility index (Phi) is 6.34. The zero-order valence-electron chi connectivity index (χ0n) is 18.4. The van der Waals surface area contributed by atoms with Crippen LogP contribution in [0.2, 0.25) is 10.0 Å². The van der Waals surface area contributed by atoms with E-state index < -0.39 is 0 Å². The molecule has 3 aromatic rings. The summed E-state index contributed by atoms with van der Waals surface area (Å²) >= 11 is 12.9. The fraction of sp³-hybridized carbons (Fsp3) is 0.385. The van der Waals surface area contributed by atoms with Crippen LogP contribution >= 0.6 is 23.2 Å². The van der Waals surface area contributed by atoms with Crippen LogP contribution in [0.25, 0.3) is 11.3 Å². The first kappa shape index (κ1) is 22.3. The van der Waals surface area contributed by atoms with Crippen LogP contribution in [0, 0.1) is 11.3 Å². The number of rotatable bonds is 6.